The number of carbonyl (C=O) groups is 6. The molecule has 0 unspecified atom stereocenters. The quantitative estimate of drug-likeness (QED) is 0.144. The summed E-state index contributed by atoms with van der Waals surface area (Å²) >= 11 is 0. The lowest BCUT2D eigenvalue weighted by Gasteiger charge is -2.24. The van der Waals surface area contributed by atoms with E-state index in [9.17, 15) is 28.8 Å². The lowest BCUT2D eigenvalue weighted by Crippen LogP contribution is -2.57. The molecule has 0 aliphatic heterocycles. The van der Waals surface area contributed by atoms with Crippen molar-refractivity contribution in [3.8, 4) is 0 Å². The highest BCUT2D eigenvalue weighted by molar-refractivity contribution is 5.95. The molecule has 0 aromatic rings. The summed E-state index contributed by atoms with van der Waals surface area (Å²) in [6.45, 7) is 8.03. The van der Waals surface area contributed by atoms with Gasteiger partial charge in [-0.25, -0.2) is 0 Å². The third-order valence-electron chi connectivity index (χ3n) is 4.59. The zero-order valence-corrected chi connectivity index (χ0v) is 20.2. The summed E-state index contributed by atoms with van der Waals surface area (Å²) in [6, 6.07) is -4.73. The number of carboxylic acids is 2. The highest BCUT2D eigenvalue weighted by Crippen LogP contribution is 2.07. The summed E-state index contributed by atoms with van der Waals surface area (Å²) in [5.74, 6) is -5.66. The van der Waals surface area contributed by atoms with E-state index in [1.54, 1.807) is 13.8 Å². The summed E-state index contributed by atoms with van der Waals surface area (Å²) in [5, 5.41) is 27.3. The smallest absolute Gasteiger partial charge is 0.325 e. The van der Waals surface area contributed by atoms with E-state index < -0.39 is 72.7 Å². The highest BCUT2D eigenvalue weighted by Gasteiger charge is 2.30. The number of nitrogens with two attached hydrogens (primary N) is 1. The lowest BCUT2D eigenvalue weighted by atomic mass is 10.0. The summed E-state index contributed by atoms with van der Waals surface area (Å²) in [4.78, 5) is 71.6. The predicted octanol–water partition coefficient (Wildman–Crippen LogP) is -1.44. The molecule has 0 radical (unpaired) electrons. The molecule has 0 bridgehead atoms. The Kier molecular flexibility index (Phi) is 13.4. The van der Waals surface area contributed by atoms with Crippen molar-refractivity contribution in [2.24, 2.45) is 17.6 Å². The van der Waals surface area contributed by atoms with Gasteiger partial charge in [-0.1, -0.05) is 27.7 Å². The Morgan fingerprint density at radius 2 is 1.26 bits per heavy atom. The van der Waals surface area contributed by atoms with Crippen LogP contribution in [0, 0.1) is 11.8 Å². The fourth-order valence-corrected chi connectivity index (χ4v) is 2.89. The second kappa shape index (κ2) is 14.8. The number of carboxylic acid groups (broad SMARTS) is 2. The molecule has 0 aromatic heterocycles. The van der Waals surface area contributed by atoms with E-state index in [1.807, 2.05) is 13.8 Å². The van der Waals surface area contributed by atoms with Gasteiger partial charge in [-0.05, 0) is 31.6 Å². The van der Waals surface area contributed by atoms with Crippen molar-refractivity contribution in [3.05, 3.63) is 0 Å². The Labute approximate surface area is 198 Å². The molecule has 194 valence electrons. The third kappa shape index (κ3) is 12.7. The van der Waals surface area contributed by atoms with Gasteiger partial charge in [0.05, 0.1) is 19.0 Å². The zero-order chi connectivity index (χ0) is 26.6. The first-order valence-corrected chi connectivity index (χ1v) is 11.0. The molecule has 0 saturated heterocycles. The first-order valence-electron chi connectivity index (χ1n) is 11.0. The summed E-state index contributed by atoms with van der Waals surface area (Å²) in [6.07, 6.45) is -0.237. The summed E-state index contributed by atoms with van der Waals surface area (Å²) in [5.41, 5.74) is 5.74. The van der Waals surface area contributed by atoms with E-state index in [0.717, 1.165) is 0 Å². The van der Waals surface area contributed by atoms with E-state index in [4.69, 9.17) is 15.9 Å². The number of nitrogens with one attached hydrogen (secondary N) is 4. The fourth-order valence-electron chi connectivity index (χ4n) is 2.89. The van der Waals surface area contributed by atoms with Gasteiger partial charge >= 0.3 is 11.9 Å². The average molecular weight is 488 g/mol. The van der Waals surface area contributed by atoms with Crippen molar-refractivity contribution in [2.45, 2.75) is 78.0 Å². The molecule has 0 spiro atoms. The Morgan fingerprint density at radius 3 is 1.74 bits per heavy atom. The second-order valence-corrected chi connectivity index (χ2v) is 8.93. The second-order valence-electron chi connectivity index (χ2n) is 8.93. The highest BCUT2D eigenvalue weighted by atomic mass is 16.4. The van der Waals surface area contributed by atoms with Crippen LogP contribution in [0.5, 0.6) is 0 Å². The topological polar surface area (TPSA) is 217 Å². The van der Waals surface area contributed by atoms with Gasteiger partial charge in [-0.2, -0.15) is 0 Å². The average Bonchev–Trinajstić information content (AvgIpc) is 2.69. The number of carbonyl (C=O) groups excluding carboxylic acids is 4. The molecule has 4 atom stereocenters. The van der Waals surface area contributed by atoms with Gasteiger partial charge in [0.25, 0.3) is 0 Å². The minimum atomic E-state index is -1.54. The van der Waals surface area contributed by atoms with E-state index >= 15 is 0 Å². The largest absolute Gasteiger partial charge is 0.481 e. The normalized spacial score (nSPS) is 14.5. The maximum Gasteiger partial charge on any atom is 0.325 e. The molecule has 0 rings (SSSR count). The molecule has 4 amide bonds. The SMILES string of the molecule is CC(C)C[C@H](NC(=O)[C@H](CC(=O)O)NC(=O)CNC(=O)[C@@H](N)CC(C)C)C(=O)N[C@@H](C)C(=O)O. The standard InChI is InChI=1S/C21H37N5O8/c1-10(2)6-13(22)18(30)23-9-16(27)25-15(8-17(28)29)20(32)26-14(7-11(3)4)19(31)24-12(5)21(33)34/h10-15H,6-9,22H2,1-5H3,(H,23,30)(H,24,31)(H,25,27)(H,26,32)(H,28,29)(H,33,34)/t12-,13-,14-,15-/m0/s1. The molecule has 0 fully saturated rings. The Morgan fingerprint density at radius 1 is 0.735 bits per heavy atom. The minimum absolute atomic E-state index is 0.0750. The van der Waals surface area contributed by atoms with Crippen LogP contribution >= 0.6 is 0 Å². The molecule has 0 saturated carbocycles. The van der Waals surface area contributed by atoms with E-state index in [2.05, 4.69) is 21.3 Å². The van der Waals surface area contributed by atoms with Crippen LogP contribution in [0.15, 0.2) is 0 Å². The molecule has 34 heavy (non-hydrogen) atoms. The van der Waals surface area contributed by atoms with Gasteiger partial charge in [-0.15, -0.1) is 0 Å². The van der Waals surface area contributed by atoms with Crippen LogP contribution in [-0.4, -0.2) is 76.5 Å². The van der Waals surface area contributed by atoms with Crippen molar-refractivity contribution >= 4 is 35.6 Å². The predicted molar refractivity (Wildman–Crippen MR) is 121 cm³/mol. The number of hydrogen-bond acceptors (Lipinski definition) is 7. The first kappa shape index (κ1) is 30.8. The van der Waals surface area contributed by atoms with Gasteiger partial charge in [-0.3, -0.25) is 28.8 Å². The van der Waals surface area contributed by atoms with Gasteiger partial charge in [0.1, 0.15) is 18.1 Å². The molecule has 13 heteroatoms. The van der Waals surface area contributed by atoms with Crippen molar-refractivity contribution < 1.29 is 39.0 Å². The van der Waals surface area contributed by atoms with Crippen molar-refractivity contribution in [2.75, 3.05) is 6.54 Å². The molecule has 8 N–H and O–H groups in total. The van der Waals surface area contributed by atoms with E-state index in [-0.39, 0.29) is 18.3 Å². The third-order valence-corrected chi connectivity index (χ3v) is 4.59. The minimum Gasteiger partial charge on any atom is -0.481 e. The van der Waals surface area contributed by atoms with Crippen LogP contribution in [-0.2, 0) is 28.8 Å². The molecule has 0 aliphatic carbocycles. The van der Waals surface area contributed by atoms with Crippen LogP contribution in [0.1, 0.15) is 53.9 Å². The van der Waals surface area contributed by atoms with Gasteiger partial charge in [0.15, 0.2) is 0 Å². The van der Waals surface area contributed by atoms with Crippen LogP contribution in [0.2, 0.25) is 0 Å². The van der Waals surface area contributed by atoms with E-state index in [1.165, 1.54) is 6.92 Å². The van der Waals surface area contributed by atoms with Crippen LogP contribution in [0.4, 0.5) is 0 Å². The maximum absolute atomic E-state index is 12.7. The van der Waals surface area contributed by atoms with Gasteiger partial charge < -0.3 is 37.2 Å². The van der Waals surface area contributed by atoms with Crippen molar-refractivity contribution in [3.63, 3.8) is 0 Å². The molecule has 0 aromatic carbocycles. The summed E-state index contributed by atoms with van der Waals surface area (Å²) in [7, 11) is 0. The van der Waals surface area contributed by atoms with Crippen LogP contribution in [0.25, 0.3) is 0 Å². The number of aliphatic carboxylic acids is 2. The molecule has 13 nitrogen and oxygen atoms in total. The molecular formula is C21H37N5O8. The van der Waals surface area contributed by atoms with Gasteiger partial charge in [0.2, 0.25) is 23.6 Å². The van der Waals surface area contributed by atoms with Crippen LogP contribution < -0.4 is 27.0 Å². The van der Waals surface area contributed by atoms with Crippen molar-refractivity contribution in [1.29, 1.82) is 0 Å². The summed E-state index contributed by atoms with van der Waals surface area (Å²) < 4.78 is 0. The monoisotopic (exact) mass is 487 g/mol. The Bertz CT molecular complexity index is 755. The zero-order valence-electron chi connectivity index (χ0n) is 20.2. The lowest BCUT2D eigenvalue weighted by molar-refractivity contribution is -0.143. The van der Waals surface area contributed by atoms with Crippen LogP contribution in [0.3, 0.4) is 0 Å². The maximum atomic E-state index is 12.7. The van der Waals surface area contributed by atoms with Gasteiger partial charge in [0, 0.05) is 0 Å². The van der Waals surface area contributed by atoms with E-state index in [0.29, 0.717) is 6.42 Å². The molecule has 0 aliphatic rings. The Balaban J connectivity index is 5.23. The van der Waals surface area contributed by atoms with Crippen molar-refractivity contribution in [1.82, 2.24) is 21.3 Å². The number of amides is 4. The Hall–Kier alpha value is -3.22. The molecule has 0 heterocycles. The number of hydrogen-bond donors (Lipinski definition) is 7. The first-order chi connectivity index (χ1) is 15.6. The molecular weight excluding hydrogens is 450 g/mol. The number of rotatable bonds is 15. The fraction of sp³-hybridized carbons (Fsp3) is 0.714.